The molecule has 280 valence electrons. The molecule has 4 N–H and O–H groups in total. The third kappa shape index (κ3) is 8.42. The molecule has 4 aliphatic carbocycles. The van der Waals surface area contributed by atoms with Crippen LogP contribution in [0.4, 0.5) is 0 Å². The Labute approximate surface area is 315 Å². The number of hydrogen-bond acceptors (Lipinski definition) is 4. The predicted molar refractivity (Wildman–Crippen MR) is 213 cm³/mol. The molecule has 4 aliphatic rings. The third-order valence-electron chi connectivity index (χ3n) is 13.4. The number of phenols is 1. The zero-order valence-electron chi connectivity index (χ0n) is 31.2. The summed E-state index contributed by atoms with van der Waals surface area (Å²) in [6.07, 6.45) is 24.5. The molecule has 5 heteroatoms. The lowest BCUT2D eigenvalue weighted by Crippen LogP contribution is -2.50. The largest absolute Gasteiger partial charge is 0.508 e. The van der Waals surface area contributed by atoms with Crippen LogP contribution in [0.25, 0.3) is 12.2 Å². The van der Waals surface area contributed by atoms with Gasteiger partial charge in [0.05, 0.1) is 19.1 Å². The molecule has 7 rings (SSSR count). The summed E-state index contributed by atoms with van der Waals surface area (Å²) in [5.74, 6) is -0.0540. The van der Waals surface area contributed by atoms with Gasteiger partial charge < -0.3 is 20.4 Å². The van der Waals surface area contributed by atoms with Crippen LogP contribution in [0.2, 0.25) is 0 Å². The quantitative estimate of drug-likeness (QED) is 0.119. The monoisotopic (exact) mass is 714 g/mol. The van der Waals surface area contributed by atoms with Crippen LogP contribution < -0.4 is 10.4 Å². The van der Waals surface area contributed by atoms with Crippen molar-refractivity contribution in [1.29, 1.82) is 0 Å². The van der Waals surface area contributed by atoms with Gasteiger partial charge in [-0.05, 0) is 132 Å². The highest BCUT2D eigenvalue weighted by molar-refractivity contribution is 5.74. The number of benzene rings is 3. The first-order valence-corrected chi connectivity index (χ1v) is 20.3. The maximum absolute atomic E-state index is 13.5. The predicted octanol–water partition coefficient (Wildman–Crippen LogP) is 8.20. The van der Waals surface area contributed by atoms with Gasteiger partial charge in [-0.25, -0.2) is 0 Å². The highest BCUT2D eigenvalue weighted by Crippen LogP contribution is 2.53. The van der Waals surface area contributed by atoms with Gasteiger partial charge in [0.25, 0.3) is 0 Å². The minimum atomic E-state index is -0.825. The minimum Gasteiger partial charge on any atom is -0.508 e. The average molecular weight is 715 g/mol. The zero-order valence-corrected chi connectivity index (χ0v) is 31.2. The maximum Gasteiger partial charge on any atom is 0.308 e. The van der Waals surface area contributed by atoms with E-state index < -0.39 is 23.2 Å². The molecule has 1 saturated carbocycles. The maximum atomic E-state index is 13.5. The van der Waals surface area contributed by atoms with Crippen molar-refractivity contribution in [3.63, 3.8) is 0 Å². The van der Waals surface area contributed by atoms with E-state index >= 15 is 0 Å². The van der Waals surface area contributed by atoms with Crippen LogP contribution in [0.3, 0.4) is 0 Å². The fourth-order valence-corrected chi connectivity index (χ4v) is 10.7. The first-order valence-electron chi connectivity index (χ1n) is 20.3. The van der Waals surface area contributed by atoms with Gasteiger partial charge >= 0.3 is 5.97 Å². The second kappa shape index (κ2) is 17.0. The van der Waals surface area contributed by atoms with Crippen molar-refractivity contribution in [2.75, 3.05) is 13.2 Å². The summed E-state index contributed by atoms with van der Waals surface area (Å²) in [6.45, 7) is -0.00659. The average Bonchev–Trinajstić information content (AvgIpc) is 3.64. The molecule has 0 aliphatic heterocycles. The number of phenolic OH excluding ortho intramolecular Hbond substituents is 1. The lowest BCUT2D eigenvalue weighted by molar-refractivity contribution is -0.148. The molecule has 0 saturated heterocycles. The Morgan fingerprint density at radius 2 is 1.57 bits per heavy atom. The number of fused-ring (bicyclic) bond motifs is 5. The number of aromatic hydroxyl groups is 1. The number of allylic oxidation sites excluding steroid dienone is 2. The SMILES string of the molecule is O=C(O)[C@H]1[C@H](CO)/C=C/C[C@@H](CCCCCC[C@@H]2C=C(CO)CC2)[C@@H](c2ccc(O)cc2)Cc2cccc(c2)[C@]12CC[C@@H]1C=c3ccccc3=C[C@@H]1C2. The van der Waals surface area contributed by atoms with Crippen LogP contribution in [0.5, 0.6) is 5.75 Å². The Morgan fingerprint density at radius 3 is 2.28 bits per heavy atom. The van der Waals surface area contributed by atoms with E-state index in [1.807, 2.05) is 6.08 Å². The second-order valence-corrected chi connectivity index (χ2v) is 16.7. The van der Waals surface area contributed by atoms with Crippen molar-refractivity contribution in [2.24, 2.45) is 35.5 Å². The third-order valence-corrected chi connectivity index (χ3v) is 13.4. The van der Waals surface area contributed by atoms with Gasteiger partial charge in [-0.2, -0.15) is 0 Å². The highest BCUT2D eigenvalue weighted by Gasteiger charge is 2.51. The molecule has 0 heterocycles. The first-order chi connectivity index (χ1) is 25.9. The van der Waals surface area contributed by atoms with Crippen molar-refractivity contribution in [3.8, 4) is 5.75 Å². The molecule has 53 heavy (non-hydrogen) atoms. The lowest BCUT2D eigenvalue weighted by atomic mass is 9.54. The topological polar surface area (TPSA) is 98.0 Å². The molecule has 3 aromatic rings. The Morgan fingerprint density at radius 1 is 0.811 bits per heavy atom. The summed E-state index contributed by atoms with van der Waals surface area (Å²) in [6, 6.07) is 25.1. The van der Waals surface area contributed by atoms with Crippen LogP contribution in [0, 0.1) is 35.5 Å². The van der Waals surface area contributed by atoms with Crippen LogP contribution in [0.1, 0.15) is 99.7 Å². The number of aliphatic carboxylic acids is 1. The van der Waals surface area contributed by atoms with E-state index in [1.54, 1.807) is 12.1 Å². The lowest BCUT2D eigenvalue weighted by Gasteiger charge is -2.49. The number of unbranched alkanes of at least 4 members (excludes halogenated alkanes) is 3. The molecular formula is C48H58O5. The molecular weight excluding hydrogens is 657 g/mol. The molecule has 0 unspecified atom stereocenters. The Hall–Kier alpha value is -3.93. The minimum absolute atomic E-state index is 0.198. The van der Waals surface area contributed by atoms with Gasteiger partial charge in [0.1, 0.15) is 5.75 Å². The van der Waals surface area contributed by atoms with Crippen molar-refractivity contribution in [1.82, 2.24) is 0 Å². The fraction of sp³-hybridized carbons (Fsp3) is 0.479. The van der Waals surface area contributed by atoms with Crippen LogP contribution >= 0.6 is 0 Å². The molecule has 1 spiro atoms. The summed E-state index contributed by atoms with van der Waals surface area (Å²) < 4.78 is 0. The molecule has 2 bridgehead atoms. The summed E-state index contributed by atoms with van der Waals surface area (Å²) in [5.41, 5.74) is 4.10. The smallest absolute Gasteiger partial charge is 0.308 e. The second-order valence-electron chi connectivity index (χ2n) is 16.7. The van der Waals surface area contributed by atoms with E-state index in [2.05, 4.69) is 85.0 Å². The van der Waals surface area contributed by atoms with Gasteiger partial charge in [-0.3, -0.25) is 4.79 Å². The normalized spacial score (nSPS) is 30.1. The zero-order chi connectivity index (χ0) is 36.8. The number of carbonyl (C=O) groups is 1. The fourth-order valence-electron chi connectivity index (χ4n) is 10.7. The molecule has 0 amide bonds. The molecule has 5 nitrogen and oxygen atoms in total. The van der Waals surface area contributed by atoms with Crippen LogP contribution in [0.15, 0.2) is 96.6 Å². The Kier molecular flexibility index (Phi) is 12.0. The summed E-state index contributed by atoms with van der Waals surface area (Å²) >= 11 is 0. The Balaban J connectivity index is 1.19. The number of carboxylic acid groups (broad SMARTS) is 1. The van der Waals surface area contributed by atoms with E-state index in [1.165, 1.54) is 59.2 Å². The number of rotatable bonds is 11. The van der Waals surface area contributed by atoms with E-state index in [9.17, 15) is 25.2 Å². The molecule has 1 fully saturated rings. The van der Waals surface area contributed by atoms with Crippen molar-refractivity contribution < 1.29 is 25.2 Å². The summed E-state index contributed by atoms with van der Waals surface area (Å²) in [5, 5.41) is 44.2. The number of aliphatic hydroxyl groups excluding tert-OH is 2. The van der Waals surface area contributed by atoms with Crippen LogP contribution in [-0.4, -0.2) is 39.6 Å². The van der Waals surface area contributed by atoms with Crippen molar-refractivity contribution in [3.05, 3.63) is 124 Å². The van der Waals surface area contributed by atoms with E-state index in [4.69, 9.17) is 0 Å². The van der Waals surface area contributed by atoms with Gasteiger partial charge in [0, 0.05) is 11.3 Å². The van der Waals surface area contributed by atoms with E-state index in [-0.39, 0.29) is 30.8 Å². The van der Waals surface area contributed by atoms with E-state index in [0.29, 0.717) is 17.8 Å². The van der Waals surface area contributed by atoms with Crippen molar-refractivity contribution in [2.45, 2.75) is 94.8 Å². The number of carboxylic acids is 1. The summed E-state index contributed by atoms with van der Waals surface area (Å²) in [4.78, 5) is 13.5. The number of aliphatic hydroxyl groups is 2. The van der Waals surface area contributed by atoms with Crippen molar-refractivity contribution >= 4 is 18.1 Å². The van der Waals surface area contributed by atoms with Crippen LogP contribution in [-0.2, 0) is 16.6 Å². The molecule has 0 aromatic heterocycles. The number of hydrogen-bond donors (Lipinski definition) is 4. The van der Waals surface area contributed by atoms with Gasteiger partial charge in [-0.15, -0.1) is 0 Å². The molecule has 8 atom stereocenters. The first kappa shape index (κ1) is 37.4. The van der Waals surface area contributed by atoms with E-state index in [0.717, 1.165) is 56.9 Å². The highest BCUT2D eigenvalue weighted by atomic mass is 16.4. The Bertz CT molecular complexity index is 1890. The van der Waals surface area contributed by atoms with Gasteiger partial charge in [-0.1, -0.05) is 117 Å². The van der Waals surface area contributed by atoms with Gasteiger partial charge in [0.2, 0.25) is 0 Å². The molecule has 3 aromatic carbocycles. The molecule has 0 radical (unpaired) electrons. The van der Waals surface area contributed by atoms with Gasteiger partial charge in [0.15, 0.2) is 0 Å². The summed E-state index contributed by atoms with van der Waals surface area (Å²) in [7, 11) is 0. The standard InChI is InChI=1S/C48H58O5/c49-31-35-18-17-33(25-35)9-3-1-2-4-11-36-14-8-15-41(32-50)46(47(52)53)48(24-23-40-28-38-12-5-6-13-39(38)29-42(40)30-48)43-16-7-10-34(26-43)27-45(36)37-19-21-44(51)22-20-37/h5-8,10,12-13,15-16,19-22,25-26,28-29,33,36,40-42,45-46,49-51H,1-4,9,11,14,17-18,23-24,27,30-32H2,(H,52,53)/b15-8+/t33-,36+,40+,41-,42+,45-,46+,48+/m0/s1.